The van der Waals surface area contributed by atoms with Crippen molar-refractivity contribution in [3.8, 4) is 11.4 Å². The van der Waals surface area contributed by atoms with Gasteiger partial charge < -0.3 is 9.30 Å². The SMILES string of the molecule is CCOc1ccc(N2C(=O)/C(=C/c3cc(C)n(-c4ccccc4)c3C)C(=O)NC2=S)cc1. The average molecular weight is 446 g/mol. The number of hydrogen-bond acceptors (Lipinski definition) is 4. The van der Waals surface area contributed by atoms with Crippen molar-refractivity contribution in [2.24, 2.45) is 0 Å². The topological polar surface area (TPSA) is 63.6 Å². The minimum absolute atomic E-state index is 0.0285. The summed E-state index contributed by atoms with van der Waals surface area (Å²) in [5, 5.41) is 2.68. The fourth-order valence-corrected chi connectivity index (χ4v) is 4.09. The third-order valence-electron chi connectivity index (χ3n) is 5.29. The van der Waals surface area contributed by atoms with Crippen LogP contribution in [0.4, 0.5) is 5.69 Å². The van der Waals surface area contributed by atoms with Crippen LogP contribution in [0.25, 0.3) is 11.8 Å². The van der Waals surface area contributed by atoms with Crippen LogP contribution >= 0.6 is 12.2 Å². The predicted octanol–water partition coefficient (Wildman–Crippen LogP) is 4.32. The third kappa shape index (κ3) is 3.94. The first kappa shape index (κ1) is 21.5. The molecule has 2 amide bonds. The van der Waals surface area contributed by atoms with Gasteiger partial charge in [-0.3, -0.25) is 19.8 Å². The molecule has 1 aliphatic rings. The summed E-state index contributed by atoms with van der Waals surface area (Å²) in [4.78, 5) is 27.3. The molecule has 32 heavy (non-hydrogen) atoms. The number of thiocarbonyl (C=S) groups is 1. The molecule has 2 aromatic carbocycles. The average Bonchev–Trinajstić information content (AvgIpc) is 3.06. The van der Waals surface area contributed by atoms with Gasteiger partial charge in [-0.25, -0.2) is 0 Å². The number of ether oxygens (including phenoxy) is 1. The number of nitrogens with zero attached hydrogens (tertiary/aromatic N) is 2. The summed E-state index contributed by atoms with van der Waals surface area (Å²) in [6.45, 7) is 6.40. The first-order valence-electron chi connectivity index (χ1n) is 10.3. The Bertz CT molecular complexity index is 1230. The van der Waals surface area contributed by atoms with Crippen LogP contribution in [0.3, 0.4) is 0 Å². The Morgan fingerprint density at radius 3 is 2.34 bits per heavy atom. The molecule has 4 rings (SSSR count). The van der Waals surface area contributed by atoms with Crippen molar-refractivity contribution in [1.82, 2.24) is 9.88 Å². The number of benzene rings is 2. The van der Waals surface area contributed by atoms with Crippen molar-refractivity contribution in [2.45, 2.75) is 20.8 Å². The van der Waals surface area contributed by atoms with Crippen LogP contribution in [0, 0.1) is 13.8 Å². The zero-order chi connectivity index (χ0) is 22.8. The number of aromatic nitrogens is 1. The summed E-state index contributed by atoms with van der Waals surface area (Å²) in [5.74, 6) is -0.279. The predicted molar refractivity (Wildman–Crippen MR) is 129 cm³/mol. The largest absolute Gasteiger partial charge is 0.494 e. The number of anilines is 1. The molecular weight excluding hydrogens is 422 g/mol. The smallest absolute Gasteiger partial charge is 0.270 e. The van der Waals surface area contributed by atoms with Crippen LogP contribution in [-0.4, -0.2) is 28.1 Å². The quantitative estimate of drug-likeness (QED) is 0.361. The second-order valence-electron chi connectivity index (χ2n) is 7.38. The molecule has 7 heteroatoms. The maximum Gasteiger partial charge on any atom is 0.270 e. The number of aryl methyl sites for hydroxylation is 1. The molecule has 3 aromatic rings. The van der Waals surface area contributed by atoms with Crippen LogP contribution in [0.2, 0.25) is 0 Å². The molecule has 0 bridgehead atoms. The van der Waals surface area contributed by atoms with Crippen LogP contribution in [0.5, 0.6) is 5.75 Å². The molecule has 1 fully saturated rings. The lowest BCUT2D eigenvalue weighted by molar-refractivity contribution is -0.122. The second kappa shape index (κ2) is 8.80. The van der Waals surface area contributed by atoms with Gasteiger partial charge in [-0.15, -0.1) is 0 Å². The van der Waals surface area contributed by atoms with Crippen LogP contribution in [-0.2, 0) is 9.59 Å². The van der Waals surface area contributed by atoms with Gasteiger partial charge >= 0.3 is 0 Å². The van der Waals surface area contributed by atoms with E-state index in [0.717, 1.165) is 22.6 Å². The Morgan fingerprint density at radius 1 is 1.00 bits per heavy atom. The van der Waals surface area contributed by atoms with E-state index in [-0.39, 0.29) is 10.7 Å². The van der Waals surface area contributed by atoms with Crippen LogP contribution in [0.15, 0.2) is 66.2 Å². The maximum absolute atomic E-state index is 13.3. The van der Waals surface area contributed by atoms with E-state index >= 15 is 0 Å². The minimum Gasteiger partial charge on any atom is -0.494 e. The molecule has 0 unspecified atom stereocenters. The highest BCUT2D eigenvalue weighted by Crippen LogP contribution is 2.27. The van der Waals surface area contributed by atoms with E-state index in [9.17, 15) is 9.59 Å². The van der Waals surface area contributed by atoms with Gasteiger partial charge in [0.15, 0.2) is 5.11 Å². The van der Waals surface area contributed by atoms with Crippen LogP contribution < -0.4 is 15.0 Å². The van der Waals surface area contributed by atoms with E-state index in [1.807, 2.05) is 57.2 Å². The summed E-state index contributed by atoms with van der Waals surface area (Å²) in [7, 11) is 0. The molecule has 2 heterocycles. The fourth-order valence-electron chi connectivity index (χ4n) is 3.81. The van der Waals surface area contributed by atoms with Crippen molar-refractivity contribution in [3.05, 3.63) is 83.2 Å². The highest BCUT2D eigenvalue weighted by Gasteiger charge is 2.34. The monoisotopic (exact) mass is 445 g/mol. The molecule has 1 N–H and O–H groups in total. The molecular formula is C25H23N3O3S. The van der Waals surface area contributed by atoms with Gasteiger partial charge in [0.05, 0.1) is 12.3 Å². The molecule has 1 saturated heterocycles. The van der Waals surface area contributed by atoms with Gasteiger partial charge in [0, 0.05) is 17.1 Å². The Hall–Kier alpha value is -3.71. The number of nitrogens with one attached hydrogen (secondary N) is 1. The maximum atomic E-state index is 13.3. The van der Waals surface area contributed by atoms with E-state index < -0.39 is 11.8 Å². The zero-order valence-electron chi connectivity index (χ0n) is 18.1. The Balaban J connectivity index is 1.71. The van der Waals surface area contributed by atoms with Crippen molar-refractivity contribution in [1.29, 1.82) is 0 Å². The molecule has 1 aliphatic heterocycles. The Kier molecular flexibility index (Phi) is 5.92. The molecule has 1 aromatic heterocycles. The summed E-state index contributed by atoms with van der Waals surface area (Å²) in [5.41, 5.74) is 4.34. The number of amides is 2. The fraction of sp³-hybridized carbons (Fsp3) is 0.160. The van der Waals surface area contributed by atoms with Crippen LogP contribution in [0.1, 0.15) is 23.9 Å². The highest BCUT2D eigenvalue weighted by molar-refractivity contribution is 7.80. The summed E-state index contributed by atoms with van der Waals surface area (Å²) < 4.78 is 7.55. The lowest BCUT2D eigenvalue weighted by Gasteiger charge is -2.29. The first-order valence-corrected chi connectivity index (χ1v) is 10.7. The number of rotatable bonds is 5. The third-order valence-corrected chi connectivity index (χ3v) is 5.58. The Labute approximate surface area is 192 Å². The van der Waals surface area contributed by atoms with Crippen molar-refractivity contribution in [2.75, 3.05) is 11.5 Å². The van der Waals surface area contributed by atoms with Crippen molar-refractivity contribution < 1.29 is 14.3 Å². The minimum atomic E-state index is -0.508. The number of carbonyl (C=O) groups excluding carboxylic acids is 2. The number of carbonyl (C=O) groups is 2. The van der Waals surface area contributed by atoms with Crippen molar-refractivity contribution in [3.63, 3.8) is 0 Å². The van der Waals surface area contributed by atoms with E-state index in [0.29, 0.717) is 18.0 Å². The van der Waals surface area contributed by atoms with E-state index in [2.05, 4.69) is 9.88 Å². The zero-order valence-corrected chi connectivity index (χ0v) is 18.9. The molecule has 0 aliphatic carbocycles. The van der Waals surface area contributed by atoms with Gasteiger partial charge in [-0.05, 0) is 87.1 Å². The molecule has 0 atom stereocenters. The van der Waals surface area contributed by atoms with Gasteiger partial charge in [0.1, 0.15) is 11.3 Å². The van der Waals surface area contributed by atoms with Gasteiger partial charge in [-0.1, -0.05) is 18.2 Å². The number of para-hydroxylation sites is 1. The molecule has 6 nitrogen and oxygen atoms in total. The normalized spacial score (nSPS) is 15.3. The molecule has 0 radical (unpaired) electrons. The summed E-state index contributed by atoms with van der Waals surface area (Å²) in [6, 6.07) is 18.9. The number of hydrogen-bond donors (Lipinski definition) is 1. The summed E-state index contributed by atoms with van der Waals surface area (Å²) >= 11 is 5.29. The standard InChI is InChI=1S/C25H23N3O3S/c1-4-31-21-12-10-20(11-13-21)28-24(30)22(23(29)26-25(28)32)15-18-14-16(2)27(17(18)3)19-8-6-5-7-9-19/h5-15H,4H2,1-3H3,(H,26,29,32)/b22-15+. The van der Waals surface area contributed by atoms with Crippen molar-refractivity contribution >= 4 is 40.9 Å². The highest BCUT2D eigenvalue weighted by atomic mass is 32.1. The Morgan fingerprint density at radius 2 is 1.69 bits per heavy atom. The van der Waals surface area contributed by atoms with E-state index in [1.165, 1.54) is 4.90 Å². The van der Waals surface area contributed by atoms with Gasteiger partial charge in [0.25, 0.3) is 11.8 Å². The lowest BCUT2D eigenvalue weighted by atomic mass is 10.1. The summed E-state index contributed by atoms with van der Waals surface area (Å²) in [6.07, 6.45) is 1.63. The second-order valence-corrected chi connectivity index (χ2v) is 7.77. The lowest BCUT2D eigenvalue weighted by Crippen LogP contribution is -2.54. The first-order chi connectivity index (χ1) is 15.4. The molecule has 0 saturated carbocycles. The van der Waals surface area contributed by atoms with E-state index in [4.69, 9.17) is 17.0 Å². The van der Waals surface area contributed by atoms with E-state index in [1.54, 1.807) is 30.3 Å². The molecule has 0 spiro atoms. The molecule has 162 valence electrons. The van der Waals surface area contributed by atoms with Gasteiger partial charge in [-0.2, -0.15) is 0 Å². The van der Waals surface area contributed by atoms with Gasteiger partial charge in [0.2, 0.25) is 0 Å².